The van der Waals surface area contributed by atoms with Crippen molar-refractivity contribution >= 4 is 55.6 Å². The molecule has 0 aromatic heterocycles. The maximum atomic E-state index is 11.1. The monoisotopic (exact) mass is 242 g/mol. The summed E-state index contributed by atoms with van der Waals surface area (Å²) >= 11 is 0. The van der Waals surface area contributed by atoms with Crippen molar-refractivity contribution in [1.82, 2.24) is 0 Å². The molecule has 1 unspecified atom stereocenters. The zero-order chi connectivity index (χ0) is 11.1. The van der Waals surface area contributed by atoms with Gasteiger partial charge in [-0.1, -0.05) is 19.9 Å². The summed E-state index contributed by atoms with van der Waals surface area (Å²) in [5, 5.41) is 8.62. The van der Waals surface area contributed by atoms with Crippen LogP contribution in [0.2, 0.25) is 0 Å². The summed E-state index contributed by atoms with van der Waals surface area (Å²) in [7, 11) is 0. The quantitative estimate of drug-likeness (QED) is 0.313. The zero-order valence-corrected chi connectivity index (χ0v) is 7.86. The third kappa shape index (κ3) is 6.65. The van der Waals surface area contributed by atoms with Crippen molar-refractivity contribution in [2.75, 3.05) is 0 Å². The first-order valence-electron chi connectivity index (χ1n) is 4.13. The molecule has 82 valence electrons. The summed E-state index contributed by atoms with van der Waals surface area (Å²) in [6.07, 6.45) is 1.48. The SMILES string of the molecule is C=CC(=O)OC(=O)C(CCC)C(=O)O.[CaH2]. The van der Waals surface area contributed by atoms with Gasteiger partial charge in [-0.2, -0.15) is 0 Å². The van der Waals surface area contributed by atoms with Crippen LogP contribution < -0.4 is 0 Å². The van der Waals surface area contributed by atoms with Gasteiger partial charge in [0.1, 0.15) is 0 Å². The van der Waals surface area contributed by atoms with Gasteiger partial charge >= 0.3 is 55.6 Å². The second kappa shape index (κ2) is 8.88. The number of carboxylic acid groups (broad SMARTS) is 1. The maximum absolute atomic E-state index is 11.1. The van der Waals surface area contributed by atoms with Gasteiger partial charge < -0.3 is 9.84 Å². The topological polar surface area (TPSA) is 80.7 Å². The summed E-state index contributed by atoms with van der Waals surface area (Å²) in [4.78, 5) is 32.2. The first-order chi connectivity index (χ1) is 6.52. The van der Waals surface area contributed by atoms with Gasteiger partial charge in [0.15, 0.2) is 5.92 Å². The van der Waals surface area contributed by atoms with E-state index >= 15 is 0 Å². The molecule has 0 aromatic carbocycles. The number of rotatable bonds is 5. The fourth-order valence-corrected chi connectivity index (χ4v) is 0.843. The summed E-state index contributed by atoms with van der Waals surface area (Å²) in [6.45, 7) is 4.82. The minimum absolute atomic E-state index is 0. The Morgan fingerprint density at radius 3 is 2.33 bits per heavy atom. The Labute approximate surface area is 117 Å². The normalized spacial score (nSPS) is 10.7. The van der Waals surface area contributed by atoms with Crippen molar-refractivity contribution in [1.29, 1.82) is 0 Å². The van der Waals surface area contributed by atoms with Crippen molar-refractivity contribution in [3.63, 3.8) is 0 Å². The second-order valence-electron chi connectivity index (χ2n) is 2.62. The molecule has 0 saturated heterocycles. The van der Waals surface area contributed by atoms with Crippen LogP contribution in [0.15, 0.2) is 12.7 Å². The molecule has 0 spiro atoms. The van der Waals surface area contributed by atoms with E-state index in [0.717, 1.165) is 6.08 Å². The third-order valence-corrected chi connectivity index (χ3v) is 1.53. The molecule has 0 radical (unpaired) electrons. The molecule has 0 aliphatic rings. The number of carbonyl (C=O) groups is 3. The number of ether oxygens (including phenoxy) is 1. The number of esters is 2. The molecule has 0 bridgehead atoms. The van der Waals surface area contributed by atoms with Gasteiger partial charge in [0.25, 0.3) is 0 Å². The predicted molar refractivity (Wildman–Crippen MR) is 55.9 cm³/mol. The van der Waals surface area contributed by atoms with Crippen LogP contribution in [0.5, 0.6) is 0 Å². The molecular formula is C9H14CaO5. The molecule has 0 aromatic rings. The van der Waals surface area contributed by atoms with E-state index in [2.05, 4.69) is 11.3 Å². The van der Waals surface area contributed by atoms with Crippen LogP contribution in [0.25, 0.3) is 0 Å². The van der Waals surface area contributed by atoms with Crippen molar-refractivity contribution < 1.29 is 24.2 Å². The molecule has 0 aliphatic carbocycles. The number of carbonyl (C=O) groups excluding carboxylic acids is 2. The molecule has 1 atom stereocenters. The molecule has 0 aliphatic heterocycles. The first-order valence-corrected chi connectivity index (χ1v) is 4.13. The fraction of sp³-hybridized carbons (Fsp3) is 0.444. The van der Waals surface area contributed by atoms with Crippen molar-refractivity contribution in [3.8, 4) is 0 Å². The van der Waals surface area contributed by atoms with Crippen molar-refractivity contribution in [2.24, 2.45) is 5.92 Å². The van der Waals surface area contributed by atoms with Crippen LogP contribution >= 0.6 is 0 Å². The molecule has 0 saturated carbocycles. The standard InChI is InChI=1S/C9H12O5.Ca.2H/c1-3-5-6(8(11)12)9(13)14-7(10)4-2;;;/h4,6H,2-3,5H2,1H3,(H,11,12);;;. The van der Waals surface area contributed by atoms with Gasteiger partial charge in [0.05, 0.1) is 0 Å². The molecule has 15 heavy (non-hydrogen) atoms. The van der Waals surface area contributed by atoms with Crippen molar-refractivity contribution in [2.45, 2.75) is 19.8 Å². The Morgan fingerprint density at radius 2 is 2.00 bits per heavy atom. The summed E-state index contributed by atoms with van der Waals surface area (Å²) in [6, 6.07) is 0. The van der Waals surface area contributed by atoms with E-state index in [0.29, 0.717) is 6.42 Å². The molecular weight excluding hydrogens is 228 g/mol. The Morgan fingerprint density at radius 1 is 1.47 bits per heavy atom. The summed E-state index contributed by atoms with van der Waals surface area (Å²) in [5.41, 5.74) is 0. The number of hydrogen-bond donors (Lipinski definition) is 1. The molecule has 0 rings (SSSR count). The Bertz CT molecular complexity index is 261. The summed E-state index contributed by atoms with van der Waals surface area (Å²) < 4.78 is 4.20. The van der Waals surface area contributed by atoms with Crippen molar-refractivity contribution in [3.05, 3.63) is 12.7 Å². The van der Waals surface area contributed by atoms with E-state index in [-0.39, 0.29) is 44.2 Å². The van der Waals surface area contributed by atoms with Gasteiger partial charge in [-0.3, -0.25) is 9.59 Å². The van der Waals surface area contributed by atoms with Gasteiger partial charge in [0.2, 0.25) is 0 Å². The van der Waals surface area contributed by atoms with E-state index in [9.17, 15) is 14.4 Å². The van der Waals surface area contributed by atoms with Crippen LogP contribution in [0, 0.1) is 5.92 Å². The molecule has 0 amide bonds. The van der Waals surface area contributed by atoms with Crippen LogP contribution in [0.1, 0.15) is 19.8 Å². The Hall–Kier alpha value is -0.390. The molecule has 5 nitrogen and oxygen atoms in total. The van der Waals surface area contributed by atoms with Crippen LogP contribution in [-0.2, 0) is 19.1 Å². The number of hydrogen-bond acceptors (Lipinski definition) is 4. The van der Waals surface area contributed by atoms with Crippen LogP contribution in [-0.4, -0.2) is 60.8 Å². The fourth-order valence-electron chi connectivity index (χ4n) is 0.843. The molecule has 0 heterocycles. The van der Waals surface area contributed by atoms with E-state index in [4.69, 9.17) is 5.11 Å². The molecule has 1 N–H and O–H groups in total. The molecule has 6 heteroatoms. The van der Waals surface area contributed by atoms with E-state index < -0.39 is 23.8 Å². The first kappa shape index (κ1) is 17.0. The predicted octanol–water partition coefficient (Wildman–Crippen LogP) is -0.173. The van der Waals surface area contributed by atoms with E-state index in [1.165, 1.54) is 0 Å². The Balaban J connectivity index is 0. The third-order valence-electron chi connectivity index (χ3n) is 1.53. The van der Waals surface area contributed by atoms with E-state index in [1.807, 2.05) is 0 Å². The van der Waals surface area contributed by atoms with Gasteiger partial charge in [-0.05, 0) is 6.42 Å². The van der Waals surface area contributed by atoms with Gasteiger partial charge in [0, 0.05) is 6.08 Å². The summed E-state index contributed by atoms with van der Waals surface area (Å²) in [5.74, 6) is -4.53. The van der Waals surface area contributed by atoms with Gasteiger partial charge in [-0.15, -0.1) is 0 Å². The average molecular weight is 242 g/mol. The van der Waals surface area contributed by atoms with Crippen LogP contribution in [0.4, 0.5) is 0 Å². The number of carboxylic acids is 1. The average Bonchev–Trinajstić information content (AvgIpc) is 2.13. The molecule has 0 fully saturated rings. The zero-order valence-electron chi connectivity index (χ0n) is 7.86. The van der Waals surface area contributed by atoms with E-state index in [1.54, 1.807) is 6.92 Å². The number of aliphatic carboxylic acids is 1. The Kier molecular flexibility index (Phi) is 10.1. The minimum atomic E-state index is -1.28. The van der Waals surface area contributed by atoms with Gasteiger partial charge in [-0.25, -0.2) is 4.79 Å². The second-order valence-corrected chi connectivity index (χ2v) is 2.62. The van der Waals surface area contributed by atoms with Crippen LogP contribution in [0.3, 0.4) is 0 Å².